The van der Waals surface area contributed by atoms with Crippen LogP contribution in [0.3, 0.4) is 0 Å². The molecule has 1 aliphatic heterocycles. The molecule has 1 saturated heterocycles. The first kappa shape index (κ1) is 16.1. The van der Waals surface area contributed by atoms with Crippen LogP contribution in [0.2, 0.25) is 0 Å². The van der Waals surface area contributed by atoms with Crippen molar-refractivity contribution in [2.24, 2.45) is 16.7 Å². The van der Waals surface area contributed by atoms with Crippen LogP contribution < -0.4 is 10.6 Å². The Morgan fingerprint density at radius 1 is 1.36 bits per heavy atom. The number of methoxy groups -OCH3 is 1. The molecule has 3 fully saturated rings. The summed E-state index contributed by atoms with van der Waals surface area (Å²) in [5.41, 5.74) is 0.310. The van der Waals surface area contributed by atoms with Gasteiger partial charge in [0.25, 0.3) is 0 Å². The Morgan fingerprint density at radius 2 is 2.14 bits per heavy atom. The summed E-state index contributed by atoms with van der Waals surface area (Å²) >= 11 is 0. The van der Waals surface area contributed by atoms with Gasteiger partial charge in [0.1, 0.15) is 0 Å². The van der Waals surface area contributed by atoms with Gasteiger partial charge in [-0.2, -0.15) is 0 Å². The molecule has 2 N–H and O–H groups in total. The Kier molecular flexibility index (Phi) is 4.38. The molecule has 0 spiro atoms. The molecule has 22 heavy (non-hydrogen) atoms. The summed E-state index contributed by atoms with van der Waals surface area (Å²) in [4.78, 5) is 12.3. The number of rotatable bonds is 6. The van der Waals surface area contributed by atoms with Crippen LogP contribution in [0.4, 0.5) is 4.79 Å². The van der Waals surface area contributed by atoms with Gasteiger partial charge in [0.05, 0.1) is 6.10 Å². The fraction of sp³-hybridized carbons (Fsp3) is 0.941. The molecule has 2 saturated carbocycles. The first-order valence-corrected chi connectivity index (χ1v) is 8.63. The van der Waals surface area contributed by atoms with Crippen molar-refractivity contribution in [1.29, 1.82) is 0 Å². The van der Waals surface area contributed by atoms with Crippen LogP contribution in [-0.2, 0) is 9.47 Å². The van der Waals surface area contributed by atoms with E-state index in [0.717, 1.165) is 32.6 Å². The quantitative estimate of drug-likeness (QED) is 0.791. The third-order valence-corrected chi connectivity index (χ3v) is 6.26. The lowest BCUT2D eigenvalue weighted by Crippen LogP contribution is -2.68. The average Bonchev–Trinajstić information content (AvgIpc) is 2.90. The number of nitrogens with one attached hydrogen (secondary N) is 2. The van der Waals surface area contributed by atoms with Crippen LogP contribution in [0.15, 0.2) is 0 Å². The minimum atomic E-state index is -0.0212. The molecule has 0 bridgehead atoms. The number of fused-ring (bicyclic) bond motifs is 1. The maximum Gasteiger partial charge on any atom is 0.315 e. The van der Waals surface area contributed by atoms with E-state index in [2.05, 4.69) is 24.5 Å². The highest BCUT2D eigenvalue weighted by Gasteiger charge is 2.59. The Hall–Kier alpha value is -0.810. The third kappa shape index (κ3) is 2.73. The Labute approximate surface area is 133 Å². The molecular weight excluding hydrogens is 280 g/mol. The van der Waals surface area contributed by atoms with Crippen molar-refractivity contribution in [3.05, 3.63) is 0 Å². The van der Waals surface area contributed by atoms with E-state index in [4.69, 9.17) is 9.47 Å². The Bertz CT molecular complexity index is 420. The molecule has 5 nitrogen and oxygen atoms in total. The van der Waals surface area contributed by atoms with Crippen LogP contribution in [0.25, 0.3) is 0 Å². The molecule has 2 amide bonds. The maximum atomic E-state index is 12.3. The molecular formula is C17H30N2O3. The second kappa shape index (κ2) is 6.00. The number of ether oxygens (including phenoxy) is 2. The zero-order chi connectivity index (χ0) is 15.8. The van der Waals surface area contributed by atoms with Gasteiger partial charge >= 0.3 is 6.03 Å². The third-order valence-electron chi connectivity index (χ3n) is 6.26. The Balaban J connectivity index is 1.47. The number of amides is 2. The molecule has 3 aliphatic rings. The molecule has 3 rings (SSSR count). The second-order valence-electron chi connectivity index (χ2n) is 7.97. The molecule has 0 aromatic rings. The van der Waals surface area contributed by atoms with Gasteiger partial charge in [0.2, 0.25) is 0 Å². The first-order valence-electron chi connectivity index (χ1n) is 8.63. The molecule has 0 unspecified atom stereocenters. The van der Waals surface area contributed by atoms with Gasteiger partial charge < -0.3 is 20.1 Å². The molecule has 3 atom stereocenters. The van der Waals surface area contributed by atoms with Crippen LogP contribution in [-0.4, -0.2) is 45.0 Å². The zero-order valence-corrected chi connectivity index (χ0v) is 14.1. The fourth-order valence-corrected chi connectivity index (χ4v) is 4.59. The topological polar surface area (TPSA) is 59.6 Å². The predicted octanol–water partition coefficient (Wildman–Crippen LogP) is 2.31. The lowest BCUT2D eigenvalue weighted by atomic mass is 9.57. The SMILES string of the molecule is COCCC1(CNC(=O)N[C@@H]2[C@H]3CCO[C@@H]3C2(C)C)CCC1. The van der Waals surface area contributed by atoms with Gasteiger partial charge in [-0.05, 0) is 31.1 Å². The van der Waals surface area contributed by atoms with Crippen molar-refractivity contribution in [3.63, 3.8) is 0 Å². The highest BCUT2D eigenvalue weighted by molar-refractivity contribution is 5.74. The van der Waals surface area contributed by atoms with E-state index in [0.29, 0.717) is 12.0 Å². The van der Waals surface area contributed by atoms with E-state index < -0.39 is 0 Å². The highest BCUT2D eigenvalue weighted by atomic mass is 16.5. The van der Waals surface area contributed by atoms with Gasteiger partial charge in [-0.15, -0.1) is 0 Å². The fourth-order valence-electron chi connectivity index (χ4n) is 4.59. The molecule has 0 aromatic heterocycles. The minimum absolute atomic E-state index is 0.0212. The number of hydrogen-bond acceptors (Lipinski definition) is 3. The largest absolute Gasteiger partial charge is 0.385 e. The first-order chi connectivity index (χ1) is 10.5. The van der Waals surface area contributed by atoms with E-state index in [9.17, 15) is 4.79 Å². The summed E-state index contributed by atoms with van der Waals surface area (Å²) in [7, 11) is 1.74. The summed E-state index contributed by atoms with van der Waals surface area (Å²) < 4.78 is 11.0. The van der Waals surface area contributed by atoms with Crippen molar-refractivity contribution < 1.29 is 14.3 Å². The summed E-state index contributed by atoms with van der Waals surface area (Å²) in [6, 6.07) is 0.212. The number of urea groups is 1. The monoisotopic (exact) mass is 310 g/mol. The highest BCUT2D eigenvalue weighted by Crippen LogP contribution is 2.52. The van der Waals surface area contributed by atoms with Crippen molar-refractivity contribution in [1.82, 2.24) is 10.6 Å². The summed E-state index contributed by atoms with van der Waals surface area (Å²) in [6.45, 7) is 6.76. The van der Waals surface area contributed by atoms with Gasteiger partial charge in [0, 0.05) is 44.2 Å². The molecule has 1 heterocycles. The van der Waals surface area contributed by atoms with E-state index in [1.54, 1.807) is 7.11 Å². The van der Waals surface area contributed by atoms with Gasteiger partial charge in [-0.1, -0.05) is 20.3 Å². The maximum absolute atomic E-state index is 12.3. The van der Waals surface area contributed by atoms with Crippen molar-refractivity contribution in [2.75, 3.05) is 26.9 Å². The Morgan fingerprint density at radius 3 is 2.77 bits per heavy atom. The van der Waals surface area contributed by atoms with Crippen LogP contribution in [0.1, 0.15) is 46.0 Å². The van der Waals surface area contributed by atoms with E-state index in [1.165, 1.54) is 19.3 Å². The smallest absolute Gasteiger partial charge is 0.315 e. The van der Waals surface area contributed by atoms with E-state index >= 15 is 0 Å². The average molecular weight is 310 g/mol. The number of hydrogen-bond donors (Lipinski definition) is 2. The summed E-state index contributed by atoms with van der Waals surface area (Å²) in [5, 5.41) is 6.30. The summed E-state index contributed by atoms with van der Waals surface area (Å²) in [5.74, 6) is 0.493. The molecule has 126 valence electrons. The van der Waals surface area contributed by atoms with Crippen molar-refractivity contribution in [2.45, 2.75) is 58.1 Å². The lowest BCUT2D eigenvalue weighted by molar-refractivity contribution is -0.108. The zero-order valence-electron chi connectivity index (χ0n) is 14.1. The number of carbonyl (C=O) groups is 1. The lowest BCUT2D eigenvalue weighted by Gasteiger charge is -2.54. The van der Waals surface area contributed by atoms with Gasteiger partial charge in [-0.3, -0.25) is 0 Å². The molecule has 5 heteroatoms. The summed E-state index contributed by atoms with van der Waals surface area (Å²) in [6.07, 6.45) is 6.09. The molecule has 0 aromatic carbocycles. The molecule has 2 aliphatic carbocycles. The molecule has 0 radical (unpaired) electrons. The van der Waals surface area contributed by atoms with E-state index in [1.807, 2.05) is 0 Å². The minimum Gasteiger partial charge on any atom is -0.385 e. The van der Waals surface area contributed by atoms with Crippen LogP contribution in [0, 0.1) is 16.7 Å². The van der Waals surface area contributed by atoms with Gasteiger partial charge in [-0.25, -0.2) is 4.79 Å². The second-order valence-corrected chi connectivity index (χ2v) is 7.97. The van der Waals surface area contributed by atoms with Crippen LogP contribution >= 0.6 is 0 Å². The van der Waals surface area contributed by atoms with Crippen molar-refractivity contribution >= 4 is 6.03 Å². The number of carbonyl (C=O) groups excluding carboxylic acids is 1. The van der Waals surface area contributed by atoms with Crippen molar-refractivity contribution in [3.8, 4) is 0 Å². The predicted molar refractivity (Wildman–Crippen MR) is 84.7 cm³/mol. The van der Waals surface area contributed by atoms with Crippen LogP contribution in [0.5, 0.6) is 0 Å². The normalized spacial score (nSPS) is 34.2. The van der Waals surface area contributed by atoms with Gasteiger partial charge in [0.15, 0.2) is 0 Å². The van der Waals surface area contributed by atoms with E-state index in [-0.39, 0.29) is 22.9 Å². The standard InChI is InChI=1S/C17H30N2O3/c1-16(2)13(12-5-9-22-14(12)16)19-15(20)18-11-17(6-4-7-17)8-10-21-3/h12-14H,4-11H2,1-3H3,(H2,18,19,20)/t12-,13-,14+/m1/s1.